The Balaban J connectivity index is 0.000000608. The summed E-state index contributed by atoms with van der Waals surface area (Å²) in [6, 6.07) is 20.7. The molecule has 0 saturated heterocycles. The fourth-order valence-corrected chi connectivity index (χ4v) is 2.72. The molecule has 2 heterocycles. The summed E-state index contributed by atoms with van der Waals surface area (Å²) in [5.41, 5.74) is 2.46. The van der Waals surface area contributed by atoms with Gasteiger partial charge in [0.25, 0.3) is 11.8 Å². The van der Waals surface area contributed by atoms with E-state index < -0.39 is 0 Å². The summed E-state index contributed by atoms with van der Waals surface area (Å²) in [5, 5.41) is 6.77. The standard InChI is InChI=1S/2C12H9ClN2O.2ClH.Pt/c2*13-10-3-5-11(6-4-10)15-12(16)9-2-1-7-14-8-9;;;/h2*1-8H,(H,15,16);2*1H;/q;;;;+2/p-2. The Morgan fingerprint density at radius 1 is 0.600 bits per heavy atom. The van der Waals surface area contributed by atoms with Crippen molar-refractivity contribution in [1.29, 1.82) is 0 Å². The molecule has 0 radical (unpaired) electrons. The van der Waals surface area contributed by atoms with Crippen molar-refractivity contribution in [3.05, 3.63) is 119 Å². The minimum atomic E-state index is -0.185. The van der Waals surface area contributed by atoms with Gasteiger partial charge < -0.3 is 35.4 Å². The van der Waals surface area contributed by atoms with Crippen molar-refractivity contribution in [1.82, 2.24) is 9.97 Å². The van der Waals surface area contributed by atoms with Gasteiger partial charge in [-0.1, -0.05) is 23.2 Å². The largest absolute Gasteiger partial charge is 2.00 e. The molecule has 6 nitrogen and oxygen atoms in total. The molecule has 2 aromatic heterocycles. The quantitative estimate of drug-likeness (QED) is 0.310. The smallest absolute Gasteiger partial charge is 1.00 e. The van der Waals surface area contributed by atoms with Gasteiger partial charge in [0, 0.05) is 46.2 Å². The van der Waals surface area contributed by atoms with Crippen molar-refractivity contribution in [3.8, 4) is 0 Å². The number of carbonyl (C=O) groups is 2. The molecule has 2 aromatic carbocycles. The number of carbonyl (C=O) groups excluding carboxylic acids is 2. The van der Waals surface area contributed by atoms with E-state index >= 15 is 0 Å². The molecule has 0 unspecified atom stereocenters. The van der Waals surface area contributed by atoms with Gasteiger partial charge in [0.15, 0.2) is 0 Å². The predicted octanol–water partition coefficient (Wildman–Crippen LogP) is -0.0199. The van der Waals surface area contributed by atoms with Crippen LogP contribution in [-0.2, 0) is 21.1 Å². The molecule has 0 spiro atoms. The van der Waals surface area contributed by atoms with Gasteiger partial charge >= 0.3 is 21.1 Å². The minimum absolute atomic E-state index is 0. The van der Waals surface area contributed by atoms with E-state index in [9.17, 15) is 9.59 Å². The molecule has 0 bridgehead atoms. The summed E-state index contributed by atoms with van der Waals surface area (Å²) < 4.78 is 0. The third kappa shape index (κ3) is 11.2. The minimum Gasteiger partial charge on any atom is -1.00 e. The second-order valence-electron chi connectivity index (χ2n) is 6.41. The number of anilines is 2. The fraction of sp³-hybridized carbons (Fsp3) is 0. The number of amides is 2. The van der Waals surface area contributed by atoms with Gasteiger partial charge in [-0.3, -0.25) is 19.6 Å². The molecule has 11 heteroatoms. The van der Waals surface area contributed by atoms with Crippen molar-refractivity contribution in [2.45, 2.75) is 0 Å². The van der Waals surface area contributed by atoms with Gasteiger partial charge in [-0.25, -0.2) is 0 Å². The average molecular weight is 731 g/mol. The molecule has 0 aliphatic heterocycles. The van der Waals surface area contributed by atoms with E-state index in [1.54, 1.807) is 85.2 Å². The zero-order chi connectivity index (χ0) is 22.8. The van der Waals surface area contributed by atoms with E-state index in [4.69, 9.17) is 23.2 Å². The molecule has 0 atom stereocenters. The summed E-state index contributed by atoms with van der Waals surface area (Å²) in [5.74, 6) is -0.370. The first kappa shape index (κ1) is 32.5. The molecule has 2 amide bonds. The number of hydrogen-bond donors (Lipinski definition) is 2. The van der Waals surface area contributed by atoms with Crippen LogP contribution < -0.4 is 35.4 Å². The van der Waals surface area contributed by atoms with Crippen LogP contribution in [0.4, 0.5) is 11.4 Å². The average Bonchev–Trinajstić information content (AvgIpc) is 2.83. The van der Waals surface area contributed by atoms with Crippen LogP contribution in [-0.4, -0.2) is 21.8 Å². The Kier molecular flexibility index (Phi) is 15.8. The molecular weight excluding hydrogens is 713 g/mol. The maximum Gasteiger partial charge on any atom is 2.00 e. The van der Waals surface area contributed by atoms with Crippen LogP contribution in [0.25, 0.3) is 0 Å². The molecule has 0 aliphatic carbocycles. The number of nitrogens with zero attached hydrogens (tertiary/aromatic N) is 2. The Hall–Kier alpha value is -2.47. The van der Waals surface area contributed by atoms with E-state index in [1.165, 1.54) is 12.4 Å². The van der Waals surface area contributed by atoms with Crippen molar-refractivity contribution in [3.63, 3.8) is 0 Å². The topological polar surface area (TPSA) is 84.0 Å². The summed E-state index contributed by atoms with van der Waals surface area (Å²) in [6.07, 6.45) is 6.29. The fourth-order valence-electron chi connectivity index (χ4n) is 2.47. The molecule has 0 aliphatic rings. The first-order valence-electron chi connectivity index (χ1n) is 9.45. The first-order chi connectivity index (χ1) is 15.5. The van der Waals surface area contributed by atoms with Crippen LogP contribution in [0.5, 0.6) is 0 Å². The van der Waals surface area contributed by atoms with Gasteiger partial charge in [-0.15, -0.1) is 0 Å². The van der Waals surface area contributed by atoms with Gasteiger partial charge in [0.2, 0.25) is 0 Å². The Morgan fingerprint density at radius 2 is 0.943 bits per heavy atom. The van der Waals surface area contributed by atoms with Crippen LogP contribution in [0, 0.1) is 0 Å². The van der Waals surface area contributed by atoms with Gasteiger partial charge in [-0.05, 0) is 72.8 Å². The molecule has 0 saturated carbocycles. The summed E-state index contributed by atoms with van der Waals surface area (Å²) in [4.78, 5) is 31.2. The Labute approximate surface area is 240 Å². The maximum absolute atomic E-state index is 11.7. The van der Waals surface area contributed by atoms with Crippen molar-refractivity contribution in [2.24, 2.45) is 0 Å². The monoisotopic (exact) mass is 729 g/mol. The normalized spacial score (nSPS) is 8.97. The number of halogens is 4. The molecule has 35 heavy (non-hydrogen) atoms. The Morgan fingerprint density at radius 3 is 1.23 bits per heavy atom. The van der Waals surface area contributed by atoms with Gasteiger partial charge in [-0.2, -0.15) is 0 Å². The van der Waals surface area contributed by atoms with Gasteiger partial charge in [0.1, 0.15) is 0 Å². The second-order valence-corrected chi connectivity index (χ2v) is 7.28. The molecule has 4 aromatic rings. The molecule has 2 N–H and O–H groups in total. The third-order valence-electron chi connectivity index (χ3n) is 4.05. The van der Waals surface area contributed by atoms with Crippen molar-refractivity contribution >= 4 is 46.4 Å². The number of hydrogen-bond acceptors (Lipinski definition) is 4. The van der Waals surface area contributed by atoms with Crippen LogP contribution in [0.15, 0.2) is 97.6 Å². The van der Waals surface area contributed by atoms with E-state index in [0.717, 1.165) is 0 Å². The Bertz CT molecular complexity index is 1070. The summed E-state index contributed by atoms with van der Waals surface area (Å²) in [7, 11) is 0. The van der Waals surface area contributed by atoms with Crippen molar-refractivity contribution < 1.29 is 55.5 Å². The number of pyridine rings is 2. The molecule has 0 fully saturated rings. The SMILES string of the molecule is O=C(Nc1ccc(Cl)cc1)c1cccnc1.O=C(Nc1ccc(Cl)cc1)c1cccnc1.[Cl-].[Cl-].[Pt+2]. The second kappa shape index (κ2) is 17.0. The van der Waals surface area contributed by atoms with E-state index in [0.29, 0.717) is 32.5 Å². The summed E-state index contributed by atoms with van der Waals surface area (Å²) >= 11 is 11.5. The van der Waals surface area contributed by atoms with Gasteiger partial charge in [0.05, 0.1) is 11.1 Å². The predicted molar refractivity (Wildman–Crippen MR) is 127 cm³/mol. The van der Waals surface area contributed by atoms with Crippen LogP contribution >= 0.6 is 23.2 Å². The van der Waals surface area contributed by atoms with Crippen LogP contribution in [0.1, 0.15) is 20.7 Å². The number of nitrogens with one attached hydrogen (secondary N) is 2. The zero-order valence-electron chi connectivity index (χ0n) is 17.8. The molecular formula is C24H18Cl4N4O2Pt. The molecule has 184 valence electrons. The first-order valence-corrected chi connectivity index (χ1v) is 10.2. The third-order valence-corrected chi connectivity index (χ3v) is 4.56. The number of aromatic nitrogens is 2. The summed E-state index contributed by atoms with van der Waals surface area (Å²) in [6.45, 7) is 0. The van der Waals surface area contributed by atoms with E-state index in [-0.39, 0.29) is 57.7 Å². The number of benzene rings is 2. The number of rotatable bonds is 4. The van der Waals surface area contributed by atoms with E-state index in [1.807, 2.05) is 0 Å². The van der Waals surface area contributed by atoms with Crippen molar-refractivity contribution in [2.75, 3.05) is 10.6 Å². The van der Waals surface area contributed by atoms with E-state index in [2.05, 4.69) is 20.6 Å². The molecule has 4 rings (SSSR count). The van der Waals surface area contributed by atoms with Crippen LogP contribution in [0.2, 0.25) is 10.0 Å². The maximum atomic E-state index is 11.7. The zero-order valence-corrected chi connectivity index (χ0v) is 23.1. The van der Waals surface area contributed by atoms with Crippen LogP contribution in [0.3, 0.4) is 0 Å².